The quantitative estimate of drug-likeness (QED) is 0.647. The van der Waals surface area contributed by atoms with Gasteiger partial charge in [-0.2, -0.15) is 0 Å². The third kappa shape index (κ3) is 3.48. The Morgan fingerprint density at radius 1 is 1.44 bits per heavy atom. The van der Waals surface area contributed by atoms with Crippen LogP contribution in [0.4, 0.5) is 0 Å². The highest BCUT2D eigenvalue weighted by atomic mass is 16.5. The second-order valence-electron chi connectivity index (χ2n) is 3.95. The Kier molecular flexibility index (Phi) is 5.25. The molecule has 1 saturated heterocycles. The molecule has 0 aromatic carbocycles. The molecule has 1 aliphatic heterocycles. The summed E-state index contributed by atoms with van der Waals surface area (Å²) in [5.74, 6) is -0.581. The molecule has 0 aromatic heterocycles. The normalized spacial score (nSPS) is 19.9. The van der Waals surface area contributed by atoms with E-state index in [1.807, 2.05) is 6.92 Å². The van der Waals surface area contributed by atoms with Crippen LogP contribution in [-0.4, -0.2) is 43.1 Å². The number of esters is 1. The summed E-state index contributed by atoms with van der Waals surface area (Å²) >= 11 is 0. The van der Waals surface area contributed by atoms with Gasteiger partial charge in [0, 0.05) is 13.1 Å². The molecule has 1 rings (SSSR count). The largest absolute Gasteiger partial charge is 0.465 e. The Hall–Kier alpha value is -1.10. The summed E-state index contributed by atoms with van der Waals surface area (Å²) in [6.45, 7) is 2.95. The summed E-state index contributed by atoms with van der Waals surface area (Å²) in [5.41, 5.74) is 0. The fourth-order valence-corrected chi connectivity index (χ4v) is 1.75. The van der Waals surface area contributed by atoms with Crippen molar-refractivity contribution < 1.29 is 19.4 Å². The maximum Gasteiger partial charge on any atom is 0.310 e. The van der Waals surface area contributed by atoms with Crippen LogP contribution in [0.3, 0.4) is 0 Å². The van der Waals surface area contributed by atoms with Crippen molar-refractivity contribution in [1.29, 1.82) is 0 Å². The van der Waals surface area contributed by atoms with Crippen LogP contribution in [-0.2, 0) is 19.4 Å². The minimum absolute atomic E-state index is 0.0245. The first-order valence-corrected chi connectivity index (χ1v) is 5.71. The van der Waals surface area contributed by atoms with E-state index in [4.69, 9.17) is 4.74 Å². The second kappa shape index (κ2) is 6.48. The van der Waals surface area contributed by atoms with Crippen LogP contribution in [0.1, 0.15) is 26.2 Å². The molecule has 0 aromatic rings. The van der Waals surface area contributed by atoms with Crippen molar-refractivity contribution in [3.63, 3.8) is 0 Å². The number of carbonyl (C=O) groups excluding carboxylic acids is 2. The second-order valence-corrected chi connectivity index (χ2v) is 3.95. The minimum Gasteiger partial charge on any atom is -0.465 e. The molecule has 1 aliphatic rings. The number of nitrogens with zero attached hydrogens (tertiary/aromatic N) is 1. The predicted molar refractivity (Wildman–Crippen MR) is 56.1 cm³/mol. The Balaban J connectivity index is 2.34. The van der Waals surface area contributed by atoms with E-state index in [0.29, 0.717) is 26.1 Å². The van der Waals surface area contributed by atoms with Crippen molar-refractivity contribution in [3.05, 3.63) is 0 Å². The highest BCUT2D eigenvalue weighted by Crippen LogP contribution is 2.18. The van der Waals surface area contributed by atoms with E-state index in [9.17, 15) is 14.7 Å². The number of likely N-dealkylation sites (tertiary alicyclic amines) is 1. The zero-order chi connectivity index (χ0) is 12.0. The Labute approximate surface area is 95.4 Å². The molecular formula is C11H18NO4. The lowest BCUT2D eigenvalue weighted by molar-refractivity contribution is -0.148. The fourth-order valence-electron chi connectivity index (χ4n) is 1.75. The average molecular weight is 228 g/mol. The lowest BCUT2D eigenvalue weighted by atomic mass is 10.1. The topological polar surface area (TPSA) is 66.5 Å². The number of rotatable bonds is 5. The number of hydrogen-bond donors (Lipinski definition) is 0. The minimum atomic E-state index is -0.389. The highest BCUT2D eigenvalue weighted by molar-refractivity contribution is 5.79. The van der Waals surface area contributed by atoms with Gasteiger partial charge in [0.1, 0.15) is 0 Å². The molecule has 1 heterocycles. The van der Waals surface area contributed by atoms with Crippen LogP contribution in [0.5, 0.6) is 0 Å². The number of hydrogen-bond acceptors (Lipinski definition) is 3. The summed E-state index contributed by atoms with van der Waals surface area (Å²) < 4.78 is 5.02. The molecule has 0 spiro atoms. The molecular weight excluding hydrogens is 210 g/mol. The average Bonchev–Trinajstić information content (AvgIpc) is 2.75. The van der Waals surface area contributed by atoms with Gasteiger partial charge in [-0.05, 0) is 12.8 Å². The van der Waals surface area contributed by atoms with Gasteiger partial charge < -0.3 is 9.64 Å². The van der Waals surface area contributed by atoms with Gasteiger partial charge in [-0.1, -0.05) is 6.92 Å². The number of carbonyl (C=O) groups is 2. The van der Waals surface area contributed by atoms with Gasteiger partial charge in [0.25, 0.3) is 0 Å². The van der Waals surface area contributed by atoms with Gasteiger partial charge in [-0.15, -0.1) is 0 Å². The molecule has 0 N–H and O–H groups in total. The van der Waals surface area contributed by atoms with Gasteiger partial charge in [-0.25, -0.2) is 5.11 Å². The summed E-state index contributed by atoms with van der Waals surface area (Å²) in [7, 11) is 0. The maximum absolute atomic E-state index is 11.5. The molecule has 91 valence electrons. The lowest BCUT2D eigenvalue weighted by Gasteiger charge is -2.15. The summed E-state index contributed by atoms with van der Waals surface area (Å²) in [4.78, 5) is 24.5. The van der Waals surface area contributed by atoms with E-state index in [1.54, 1.807) is 4.90 Å². The van der Waals surface area contributed by atoms with Gasteiger partial charge >= 0.3 is 5.97 Å². The maximum atomic E-state index is 11.5. The standard InChI is InChI=1S/C11H18NO4/c1-2-7-16-11(15)9-3-5-12(8-9)10(14)4-6-13/h9H,2-8H2,1H3. The van der Waals surface area contributed by atoms with Crippen LogP contribution in [0, 0.1) is 5.92 Å². The number of amides is 1. The van der Waals surface area contributed by atoms with Crippen molar-refractivity contribution in [2.75, 3.05) is 26.3 Å². The van der Waals surface area contributed by atoms with Crippen LogP contribution in [0.2, 0.25) is 0 Å². The van der Waals surface area contributed by atoms with E-state index in [-0.39, 0.29) is 30.8 Å². The highest BCUT2D eigenvalue weighted by Gasteiger charge is 2.31. The molecule has 0 saturated carbocycles. The molecule has 16 heavy (non-hydrogen) atoms. The Morgan fingerprint density at radius 3 is 2.81 bits per heavy atom. The van der Waals surface area contributed by atoms with Crippen molar-refractivity contribution in [2.45, 2.75) is 26.2 Å². The van der Waals surface area contributed by atoms with Crippen molar-refractivity contribution >= 4 is 11.9 Å². The van der Waals surface area contributed by atoms with Gasteiger partial charge in [0.05, 0.1) is 25.6 Å². The fraction of sp³-hybridized carbons (Fsp3) is 0.818. The summed E-state index contributed by atoms with van der Waals surface area (Å²) in [5, 5.41) is 10.3. The van der Waals surface area contributed by atoms with Crippen molar-refractivity contribution in [2.24, 2.45) is 5.92 Å². The van der Waals surface area contributed by atoms with E-state index < -0.39 is 0 Å². The van der Waals surface area contributed by atoms with Gasteiger partial charge in [-0.3, -0.25) is 9.59 Å². The first-order valence-electron chi connectivity index (χ1n) is 5.71. The molecule has 1 amide bonds. The van der Waals surface area contributed by atoms with Crippen molar-refractivity contribution in [1.82, 2.24) is 4.90 Å². The third-order valence-electron chi connectivity index (χ3n) is 2.64. The molecule has 1 atom stereocenters. The van der Waals surface area contributed by atoms with Crippen molar-refractivity contribution in [3.8, 4) is 0 Å². The van der Waals surface area contributed by atoms with E-state index >= 15 is 0 Å². The molecule has 1 unspecified atom stereocenters. The molecule has 1 fully saturated rings. The van der Waals surface area contributed by atoms with Crippen LogP contribution >= 0.6 is 0 Å². The zero-order valence-electron chi connectivity index (χ0n) is 9.61. The zero-order valence-corrected chi connectivity index (χ0v) is 9.61. The van der Waals surface area contributed by atoms with E-state index in [0.717, 1.165) is 6.42 Å². The Bertz CT molecular complexity index is 254. The molecule has 1 radical (unpaired) electrons. The third-order valence-corrected chi connectivity index (χ3v) is 2.64. The van der Waals surface area contributed by atoms with Crippen LogP contribution < -0.4 is 0 Å². The smallest absolute Gasteiger partial charge is 0.310 e. The van der Waals surface area contributed by atoms with Gasteiger partial charge in [0.2, 0.25) is 5.91 Å². The first kappa shape index (κ1) is 13.0. The molecule has 0 aliphatic carbocycles. The molecule has 5 heteroatoms. The SMILES string of the molecule is CCCOC(=O)C1CCN(C(=O)CC[O])C1. The predicted octanol–water partition coefficient (Wildman–Crippen LogP) is 0.609. The van der Waals surface area contributed by atoms with E-state index in [2.05, 4.69) is 0 Å². The Morgan fingerprint density at radius 2 is 2.19 bits per heavy atom. The van der Waals surface area contributed by atoms with E-state index in [1.165, 1.54) is 0 Å². The number of ether oxygens (including phenoxy) is 1. The molecule has 0 bridgehead atoms. The first-order chi connectivity index (χ1) is 7.69. The molecule has 5 nitrogen and oxygen atoms in total. The van der Waals surface area contributed by atoms with Gasteiger partial charge in [0.15, 0.2) is 0 Å². The summed E-state index contributed by atoms with van der Waals surface area (Å²) in [6, 6.07) is 0. The van der Waals surface area contributed by atoms with Crippen LogP contribution in [0.25, 0.3) is 0 Å². The lowest BCUT2D eigenvalue weighted by Crippen LogP contribution is -2.30. The monoisotopic (exact) mass is 228 g/mol. The summed E-state index contributed by atoms with van der Waals surface area (Å²) in [6.07, 6.45) is 1.47. The van der Waals surface area contributed by atoms with Crippen LogP contribution in [0.15, 0.2) is 0 Å².